The van der Waals surface area contributed by atoms with Gasteiger partial charge in [-0.25, -0.2) is 4.98 Å². The zero-order valence-electron chi connectivity index (χ0n) is 11.4. The molecule has 1 aromatic carbocycles. The second-order valence-corrected chi connectivity index (χ2v) is 5.66. The Balaban J connectivity index is 1.61. The molecule has 19 heavy (non-hydrogen) atoms. The molecule has 1 unspecified atom stereocenters. The SMILES string of the molecule is CC(CC1CC1)Nc1cccc(Cn2ccnc2)c1. The quantitative estimate of drug-likeness (QED) is 0.855. The van der Waals surface area contributed by atoms with Crippen LogP contribution in [0.1, 0.15) is 31.7 Å². The lowest BCUT2D eigenvalue weighted by Crippen LogP contribution is -2.15. The van der Waals surface area contributed by atoms with Gasteiger partial charge in [-0.1, -0.05) is 25.0 Å². The Morgan fingerprint density at radius 3 is 3.05 bits per heavy atom. The fourth-order valence-corrected chi connectivity index (χ4v) is 2.55. The lowest BCUT2D eigenvalue weighted by molar-refractivity contribution is 0.642. The Kier molecular flexibility index (Phi) is 3.53. The van der Waals surface area contributed by atoms with E-state index in [2.05, 4.69) is 46.1 Å². The van der Waals surface area contributed by atoms with Crippen molar-refractivity contribution in [1.29, 1.82) is 0 Å². The molecule has 0 radical (unpaired) electrons. The van der Waals surface area contributed by atoms with E-state index in [9.17, 15) is 0 Å². The monoisotopic (exact) mass is 255 g/mol. The second-order valence-electron chi connectivity index (χ2n) is 5.66. The molecular weight excluding hydrogens is 234 g/mol. The van der Waals surface area contributed by atoms with Crippen LogP contribution in [0, 0.1) is 5.92 Å². The first-order chi connectivity index (χ1) is 9.29. The van der Waals surface area contributed by atoms with Crippen molar-refractivity contribution in [2.24, 2.45) is 5.92 Å². The molecule has 3 heteroatoms. The largest absolute Gasteiger partial charge is 0.383 e. The van der Waals surface area contributed by atoms with E-state index < -0.39 is 0 Å². The van der Waals surface area contributed by atoms with E-state index in [-0.39, 0.29) is 0 Å². The third-order valence-electron chi connectivity index (χ3n) is 3.65. The van der Waals surface area contributed by atoms with Gasteiger partial charge in [0.25, 0.3) is 0 Å². The molecule has 0 bridgehead atoms. The van der Waals surface area contributed by atoms with E-state index in [1.165, 1.54) is 30.5 Å². The highest BCUT2D eigenvalue weighted by atomic mass is 15.0. The van der Waals surface area contributed by atoms with Crippen LogP contribution >= 0.6 is 0 Å². The number of nitrogens with one attached hydrogen (secondary N) is 1. The van der Waals surface area contributed by atoms with Crippen molar-refractivity contribution in [1.82, 2.24) is 9.55 Å². The molecule has 1 N–H and O–H groups in total. The molecule has 0 aliphatic heterocycles. The van der Waals surface area contributed by atoms with Gasteiger partial charge in [0, 0.05) is 30.7 Å². The van der Waals surface area contributed by atoms with Gasteiger partial charge < -0.3 is 9.88 Å². The summed E-state index contributed by atoms with van der Waals surface area (Å²) in [7, 11) is 0. The zero-order valence-corrected chi connectivity index (χ0v) is 11.4. The van der Waals surface area contributed by atoms with Gasteiger partial charge in [-0.15, -0.1) is 0 Å². The maximum atomic E-state index is 4.08. The van der Waals surface area contributed by atoms with E-state index in [4.69, 9.17) is 0 Å². The Bertz CT molecular complexity index is 515. The normalized spacial score (nSPS) is 16.3. The van der Waals surface area contributed by atoms with Crippen molar-refractivity contribution in [3.63, 3.8) is 0 Å². The number of hydrogen-bond acceptors (Lipinski definition) is 2. The molecule has 1 aliphatic rings. The molecule has 1 aromatic heterocycles. The highest BCUT2D eigenvalue weighted by Gasteiger charge is 2.23. The molecule has 0 amide bonds. The Hall–Kier alpha value is -1.77. The Labute approximate surface area is 114 Å². The number of anilines is 1. The van der Waals surface area contributed by atoms with Crippen LogP contribution in [0.3, 0.4) is 0 Å². The maximum absolute atomic E-state index is 4.08. The van der Waals surface area contributed by atoms with Crippen LogP contribution in [0.5, 0.6) is 0 Å². The lowest BCUT2D eigenvalue weighted by atomic mass is 10.1. The minimum Gasteiger partial charge on any atom is -0.383 e. The molecule has 0 spiro atoms. The molecular formula is C16H21N3. The van der Waals surface area contributed by atoms with Crippen LogP contribution in [0.2, 0.25) is 0 Å². The van der Waals surface area contributed by atoms with Gasteiger partial charge in [0.15, 0.2) is 0 Å². The highest BCUT2D eigenvalue weighted by molar-refractivity contribution is 5.46. The van der Waals surface area contributed by atoms with Gasteiger partial charge in [0.05, 0.1) is 6.33 Å². The second kappa shape index (κ2) is 5.47. The molecule has 0 saturated heterocycles. The summed E-state index contributed by atoms with van der Waals surface area (Å²) < 4.78 is 2.09. The first-order valence-electron chi connectivity index (χ1n) is 7.11. The summed E-state index contributed by atoms with van der Waals surface area (Å²) in [4.78, 5) is 4.08. The summed E-state index contributed by atoms with van der Waals surface area (Å²) in [6.45, 7) is 3.16. The first-order valence-corrected chi connectivity index (χ1v) is 7.11. The van der Waals surface area contributed by atoms with E-state index >= 15 is 0 Å². The number of rotatable bonds is 6. The smallest absolute Gasteiger partial charge is 0.0949 e. The number of imidazole rings is 1. The minimum atomic E-state index is 0.566. The van der Waals surface area contributed by atoms with Gasteiger partial charge in [-0.2, -0.15) is 0 Å². The van der Waals surface area contributed by atoms with Crippen molar-refractivity contribution in [2.75, 3.05) is 5.32 Å². The van der Waals surface area contributed by atoms with Crippen LogP contribution in [0.15, 0.2) is 43.0 Å². The van der Waals surface area contributed by atoms with E-state index in [1.807, 2.05) is 18.7 Å². The van der Waals surface area contributed by atoms with Crippen molar-refractivity contribution in [2.45, 2.75) is 38.8 Å². The fraction of sp³-hybridized carbons (Fsp3) is 0.438. The number of benzene rings is 1. The third kappa shape index (κ3) is 3.60. The maximum Gasteiger partial charge on any atom is 0.0949 e. The summed E-state index contributed by atoms with van der Waals surface area (Å²) in [6, 6.07) is 9.25. The summed E-state index contributed by atoms with van der Waals surface area (Å²) >= 11 is 0. The number of hydrogen-bond donors (Lipinski definition) is 1. The van der Waals surface area contributed by atoms with Crippen molar-refractivity contribution in [3.8, 4) is 0 Å². The summed E-state index contributed by atoms with van der Waals surface area (Å²) in [5, 5.41) is 3.61. The molecule has 1 heterocycles. The van der Waals surface area contributed by atoms with Crippen molar-refractivity contribution >= 4 is 5.69 Å². The van der Waals surface area contributed by atoms with E-state index in [0.717, 1.165) is 12.5 Å². The van der Waals surface area contributed by atoms with E-state index in [1.54, 1.807) is 0 Å². The van der Waals surface area contributed by atoms with Crippen LogP contribution in [-0.2, 0) is 6.54 Å². The third-order valence-corrected chi connectivity index (χ3v) is 3.65. The standard InChI is InChI=1S/C16H21N3/c1-13(9-14-5-6-14)18-16-4-2-3-15(10-16)11-19-8-7-17-12-19/h2-4,7-8,10,12-14,18H,5-6,9,11H2,1H3. The van der Waals surface area contributed by atoms with Crippen molar-refractivity contribution < 1.29 is 0 Å². The summed E-state index contributed by atoms with van der Waals surface area (Å²) in [5.41, 5.74) is 2.53. The van der Waals surface area contributed by atoms with Crippen LogP contribution in [0.25, 0.3) is 0 Å². The average molecular weight is 255 g/mol. The van der Waals surface area contributed by atoms with Gasteiger partial charge in [-0.3, -0.25) is 0 Å². The average Bonchev–Trinajstić information content (AvgIpc) is 3.04. The molecule has 3 nitrogen and oxygen atoms in total. The molecule has 1 fully saturated rings. The van der Waals surface area contributed by atoms with Gasteiger partial charge >= 0.3 is 0 Å². The van der Waals surface area contributed by atoms with Gasteiger partial charge in [0.2, 0.25) is 0 Å². The molecule has 1 aliphatic carbocycles. The molecule has 1 atom stereocenters. The van der Waals surface area contributed by atoms with Crippen molar-refractivity contribution in [3.05, 3.63) is 48.5 Å². The van der Waals surface area contributed by atoms with Crippen LogP contribution < -0.4 is 5.32 Å². The Morgan fingerprint density at radius 2 is 2.32 bits per heavy atom. The van der Waals surface area contributed by atoms with Crippen LogP contribution in [0.4, 0.5) is 5.69 Å². The molecule has 2 aromatic rings. The zero-order chi connectivity index (χ0) is 13.1. The van der Waals surface area contributed by atoms with Gasteiger partial charge in [-0.05, 0) is 37.0 Å². The lowest BCUT2D eigenvalue weighted by Gasteiger charge is -2.15. The molecule has 3 rings (SSSR count). The predicted octanol–water partition coefficient (Wildman–Crippen LogP) is 3.53. The number of nitrogens with zero attached hydrogens (tertiary/aromatic N) is 2. The molecule has 1 saturated carbocycles. The summed E-state index contributed by atoms with van der Waals surface area (Å²) in [6.07, 6.45) is 9.82. The predicted molar refractivity (Wildman–Crippen MR) is 78.2 cm³/mol. The fourth-order valence-electron chi connectivity index (χ4n) is 2.55. The summed E-state index contributed by atoms with van der Waals surface area (Å²) in [5.74, 6) is 0.969. The minimum absolute atomic E-state index is 0.566. The van der Waals surface area contributed by atoms with E-state index in [0.29, 0.717) is 6.04 Å². The highest BCUT2D eigenvalue weighted by Crippen LogP contribution is 2.34. The van der Waals surface area contributed by atoms with Crippen LogP contribution in [-0.4, -0.2) is 15.6 Å². The van der Waals surface area contributed by atoms with Gasteiger partial charge in [0.1, 0.15) is 0 Å². The number of aromatic nitrogens is 2. The Morgan fingerprint density at radius 1 is 1.42 bits per heavy atom. The molecule has 100 valence electrons. The first kappa shape index (κ1) is 12.3. The topological polar surface area (TPSA) is 29.9 Å².